The van der Waals surface area contributed by atoms with Crippen molar-refractivity contribution in [3.63, 3.8) is 0 Å². The Kier molecular flexibility index (Phi) is 5.95. The number of benzene rings is 2. The second-order valence-corrected chi connectivity index (χ2v) is 8.52. The standard InChI is InChI=1S/C19H15FN2O5S2/c1-27-19(24)17-10-9-16(28-17)18(23)21-13-5-7-15(8-6-13)29(25,26)22-14-4-2-3-12(20)11-14/h2-11,22H,1H3,(H,21,23). The summed E-state index contributed by atoms with van der Waals surface area (Å²) < 4.78 is 44.9. The van der Waals surface area contributed by atoms with Crippen LogP contribution in [0.1, 0.15) is 19.3 Å². The fraction of sp³-hybridized carbons (Fsp3) is 0.0526. The molecule has 2 N–H and O–H groups in total. The molecule has 0 spiro atoms. The minimum atomic E-state index is -3.92. The minimum absolute atomic E-state index is 0.0520. The Bertz CT molecular complexity index is 1160. The number of anilines is 2. The number of nitrogens with one attached hydrogen (secondary N) is 2. The summed E-state index contributed by atoms with van der Waals surface area (Å²) in [4.78, 5) is 24.3. The molecular weight excluding hydrogens is 419 g/mol. The summed E-state index contributed by atoms with van der Waals surface area (Å²) in [6.45, 7) is 0. The first-order valence-corrected chi connectivity index (χ1v) is 10.5. The number of amides is 1. The zero-order valence-electron chi connectivity index (χ0n) is 15.0. The van der Waals surface area contributed by atoms with Crippen molar-refractivity contribution in [1.29, 1.82) is 0 Å². The van der Waals surface area contributed by atoms with Crippen molar-refractivity contribution >= 4 is 44.6 Å². The van der Waals surface area contributed by atoms with E-state index in [0.717, 1.165) is 17.4 Å². The van der Waals surface area contributed by atoms with Crippen LogP contribution in [0.3, 0.4) is 0 Å². The summed E-state index contributed by atoms with van der Waals surface area (Å²) >= 11 is 0.980. The third-order valence-electron chi connectivity index (χ3n) is 3.72. The molecule has 0 unspecified atom stereocenters. The summed E-state index contributed by atoms with van der Waals surface area (Å²) in [5.74, 6) is -1.54. The number of ether oxygens (including phenoxy) is 1. The van der Waals surface area contributed by atoms with Gasteiger partial charge in [0.05, 0.1) is 22.6 Å². The van der Waals surface area contributed by atoms with Gasteiger partial charge in [-0.3, -0.25) is 9.52 Å². The van der Waals surface area contributed by atoms with Gasteiger partial charge < -0.3 is 10.1 Å². The SMILES string of the molecule is COC(=O)c1ccc(C(=O)Nc2ccc(S(=O)(=O)Nc3cccc(F)c3)cc2)s1. The van der Waals surface area contributed by atoms with Crippen molar-refractivity contribution in [2.24, 2.45) is 0 Å². The number of carbonyl (C=O) groups is 2. The van der Waals surface area contributed by atoms with Gasteiger partial charge in [0.2, 0.25) is 0 Å². The number of esters is 1. The molecule has 0 saturated carbocycles. The molecule has 150 valence electrons. The van der Waals surface area contributed by atoms with Crippen molar-refractivity contribution in [3.05, 3.63) is 76.2 Å². The molecular formula is C19H15FN2O5S2. The second kappa shape index (κ2) is 8.41. The van der Waals surface area contributed by atoms with E-state index in [-0.39, 0.29) is 10.6 Å². The van der Waals surface area contributed by atoms with Crippen LogP contribution in [-0.4, -0.2) is 27.4 Å². The number of halogens is 1. The number of hydrogen-bond acceptors (Lipinski definition) is 6. The maximum Gasteiger partial charge on any atom is 0.348 e. The maximum atomic E-state index is 13.2. The molecule has 1 amide bonds. The molecule has 10 heteroatoms. The molecule has 0 bridgehead atoms. The monoisotopic (exact) mass is 434 g/mol. The number of rotatable bonds is 6. The van der Waals surface area contributed by atoms with Gasteiger partial charge in [-0.15, -0.1) is 11.3 Å². The van der Waals surface area contributed by atoms with E-state index in [0.29, 0.717) is 15.4 Å². The fourth-order valence-corrected chi connectivity index (χ4v) is 4.22. The van der Waals surface area contributed by atoms with Gasteiger partial charge in [0.15, 0.2) is 0 Å². The maximum absolute atomic E-state index is 13.2. The molecule has 1 heterocycles. The number of hydrogen-bond donors (Lipinski definition) is 2. The number of methoxy groups -OCH3 is 1. The van der Waals surface area contributed by atoms with Crippen LogP contribution in [0.5, 0.6) is 0 Å². The Labute approximate surface area is 170 Å². The van der Waals surface area contributed by atoms with Crippen molar-refractivity contribution < 1.29 is 27.1 Å². The van der Waals surface area contributed by atoms with Gasteiger partial charge in [-0.1, -0.05) is 6.07 Å². The summed E-state index contributed by atoms with van der Waals surface area (Å²) in [6, 6.07) is 13.5. The molecule has 0 aliphatic heterocycles. The average molecular weight is 434 g/mol. The zero-order chi connectivity index (χ0) is 21.0. The third-order valence-corrected chi connectivity index (χ3v) is 6.18. The van der Waals surface area contributed by atoms with Gasteiger partial charge in [-0.2, -0.15) is 0 Å². The molecule has 3 rings (SSSR count). The first kappa shape index (κ1) is 20.5. The predicted octanol–water partition coefficient (Wildman–Crippen LogP) is 3.73. The normalized spacial score (nSPS) is 11.0. The molecule has 0 saturated heterocycles. The van der Waals surface area contributed by atoms with Gasteiger partial charge in [0, 0.05) is 5.69 Å². The van der Waals surface area contributed by atoms with Crippen molar-refractivity contribution in [2.75, 3.05) is 17.1 Å². The predicted molar refractivity (Wildman–Crippen MR) is 107 cm³/mol. The first-order chi connectivity index (χ1) is 13.8. The Morgan fingerprint density at radius 3 is 2.31 bits per heavy atom. The molecule has 2 aromatic carbocycles. The van der Waals surface area contributed by atoms with Gasteiger partial charge in [0.25, 0.3) is 15.9 Å². The minimum Gasteiger partial charge on any atom is -0.465 e. The van der Waals surface area contributed by atoms with E-state index in [1.54, 1.807) is 0 Å². The van der Waals surface area contributed by atoms with E-state index >= 15 is 0 Å². The zero-order valence-corrected chi connectivity index (χ0v) is 16.6. The highest BCUT2D eigenvalue weighted by molar-refractivity contribution is 7.92. The molecule has 0 fully saturated rings. The lowest BCUT2D eigenvalue weighted by Gasteiger charge is -2.09. The highest BCUT2D eigenvalue weighted by Gasteiger charge is 2.16. The topological polar surface area (TPSA) is 102 Å². The van der Waals surface area contributed by atoms with E-state index in [2.05, 4.69) is 14.8 Å². The lowest BCUT2D eigenvalue weighted by atomic mass is 10.3. The second-order valence-electron chi connectivity index (χ2n) is 5.75. The van der Waals surface area contributed by atoms with Crippen LogP contribution in [0.25, 0.3) is 0 Å². The van der Waals surface area contributed by atoms with Crippen molar-refractivity contribution in [3.8, 4) is 0 Å². The lowest BCUT2D eigenvalue weighted by molar-refractivity contribution is 0.0606. The van der Waals surface area contributed by atoms with Gasteiger partial charge >= 0.3 is 5.97 Å². The molecule has 29 heavy (non-hydrogen) atoms. The van der Waals surface area contributed by atoms with E-state index in [1.807, 2.05) is 0 Å². The van der Waals surface area contributed by atoms with E-state index in [1.165, 1.54) is 61.7 Å². The van der Waals surface area contributed by atoms with E-state index < -0.39 is 27.7 Å². The molecule has 1 aromatic heterocycles. The first-order valence-electron chi connectivity index (χ1n) is 8.16. The highest BCUT2D eigenvalue weighted by atomic mass is 32.2. The van der Waals surface area contributed by atoms with Crippen LogP contribution in [-0.2, 0) is 14.8 Å². The number of carbonyl (C=O) groups excluding carboxylic acids is 2. The third kappa shape index (κ3) is 4.98. The summed E-state index contributed by atoms with van der Waals surface area (Å²) in [6.07, 6.45) is 0. The van der Waals surface area contributed by atoms with Crippen LogP contribution in [0.4, 0.5) is 15.8 Å². The summed E-state index contributed by atoms with van der Waals surface area (Å²) in [5.41, 5.74) is 0.467. The van der Waals surface area contributed by atoms with Crippen molar-refractivity contribution in [1.82, 2.24) is 0 Å². The molecule has 3 aromatic rings. The molecule has 0 atom stereocenters. The van der Waals surface area contributed by atoms with E-state index in [9.17, 15) is 22.4 Å². The fourth-order valence-electron chi connectivity index (χ4n) is 2.35. The number of thiophene rings is 1. The van der Waals surface area contributed by atoms with Crippen LogP contribution in [0, 0.1) is 5.82 Å². The van der Waals surface area contributed by atoms with Crippen LogP contribution < -0.4 is 10.0 Å². The van der Waals surface area contributed by atoms with E-state index in [4.69, 9.17) is 0 Å². The average Bonchev–Trinajstić information content (AvgIpc) is 3.18. The summed E-state index contributed by atoms with van der Waals surface area (Å²) in [5, 5.41) is 2.62. The Morgan fingerprint density at radius 2 is 1.66 bits per heavy atom. The largest absolute Gasteiger partial charge is 0.465 e. The Morgan fingerprint density at radius 1 is 0.966 bits per heavy atom. The molecule has 0 aliphatic rings. The van der Waals surface area contributed by atoms with Crippen LogP contribution in [0.15, 0.2) is 65.6 Å². The van der Waals surface area contributed by atoms with Gasteiger partial charge in [-0.05, 0) is 54.6 Å². The quantitative estimate of drug-likeness (QED) is 0.576. The van der Waals surface area contributed by atoms with Crippen molar-refractivity contribution in [2.45, 2.75) is 4.90 Å². The smallest absolute Gasteiger partial charge is 0.348 e. The van der Waals surface area contributed by atoms with Gasteiger partial charge in [0.1, 0.15) is 10.7 Å². The van der Waals surface area contributed by atoms with Gasteiger partial charge in [-0.25, -0.2) is 17.6 Å². The summed E-state index contributed by atoms with van der Waals surface area (Å²) in [7, 11) is -2.66. The molecule has 0 aliphatic carbocycles. The van der Waals surface area contributed by atoms with Crippen LogP contribution in [0.2, 0.25) is 0 Å². The molecule has 7 nitrogen and oxygen atoms in total. The molecule has 0 radical (unpaired) electrons. The Balaban J connectivity index is 1.70. The Hall–Kier alpha value is -3.24. The highest BCUT2D eigenvalue weighted by Crippen LogP contribution is 2.21. The number of sulfonamides is 1. The van der Waals surface area contributed by atoms with Crippen LogP contribution >= 0.6 is 11.3 Å². The lowest BCUT2D eigenvalue weighted by Crippen LogP contribution is -2.14.